The van der Waals surface area contributed by atoms with Crippen LogP contribution in [0.5, 0.6) is 0 Å². The van der Waals surface area contributed by atoms with Crippen LogP contribution < -0.4 is 5.43 Å². The molecule has 1 N–H and O–H groups in total. The second-order valence-corrected chi connectivity index (χ2v) is 4.04. The first-order chi connectivity index (χ1) is 9.19. The number of nitrogens with zero attached hydrogens (tertiary/aromatic N) is 1. The number of hydrazone groups is 1. The van der Waals surface area contributed by atoms with Gasteiger partial charge < -0.3 is 0 Å². The summed E-state index contributed by atoms with van der Waals surface area (Å²) >= 11 is 0. The van der Waals surface area contributed by atoms with Crippen molar-refractivity contribution >= 4 is 11.4 Å². The number of hydrogen-bond acceptors (Lipinski definition) is 2. The Morgan fingerprint density at radius 2 is 1.47 bits per heavy atom. The third-order valence-corrected chi connectivity index (χ3v) is 2.68. The van der Waals surface area contributed by atoms with E-state index in [0.717, 1.165) is 11.3 Å². The topological polar surface area (TPSA) is 24.4 Å². The Hall–Kier alpha value is -2.23. The fourth-order valence-corrected chi connectivity index (χ4v) is 1.65. The number of nitrogens with one attached hydrogen (secondary N) is 1. The van der Waals surface area contributed by atoms with Crippen LogP contribution in [-0.4, -0.2) is 5.71 Å². The summed E-state index contributed by atoms with van der Waals surface area (Å²) in [6, 6.07) is 12.1. The first-order valence-corrected chi connectivity index (χ1v) is 6.03. The van der Waals surface area contributed by atoms with Crippen molar-refractivity contribution in [1.29, 1.82) is 0 Å². The van der Waals surface area contributed by atoms with Crippen molar-refractivity contribution in [2.75, 3.05) is 5.43 Å². The minimum atomic E-state index is -0.288. The van der Waals surface area contributed by atoms with E-state index in [1.165, 1.54) is 24.3 Å². The van der Waals surface area contributed by atoms with Crippen LogP contribution in [0.25, 0.3) is 0 Å². The van der Waals surface area contributed by atoms with Crippen molar-refractivity contribution in [2.45, 2.75) is 13.3 Å². The van der Waals surface area contributed by atoms with Crippen molar-refractivity contribution < 1.29 is 8.78 Å². The van der Waals surface area contributed by atoms with Crippen LogP contribution in [0, 0.1) is 11.6 Å². The highest BCUT2D eigenvalue weighted by Crippen LogP contribution is 2.11. The zero-order chi connectivity index (χ0) is 13.7. The highest BCUT2D eigenvalue weighted by molar-refractivity contribution is 6.00. The Bertz CT molecular complexity index is 560. The molecule has 4 heteroatoms. The molecular weight excluding hydrogens is 246 g/mol. The molecule has 0 heterocycles. The summed E-state index contributed by atoms with van der Waals surface area (Å²) in [5, 5.41) is 4.26. The highest BCUT2D eigenvalue weighted by atomic mass is 19.1. The second kappa shape index (κ2) is 6.09. The van der Waals surface area contributed by atoms with Gasteiger partial charge in [0.1, 0.15) is 11.6 Å². The summed E-state index contributed by atoms with van der Waals surface area (Å²) in [5.41, 5.74) is 5.24. The van der Waals surface area contributed by atoms with Gasteiger partial charge in [0.05, 0.1) is 11.4 Å². The number of benzene rings is 2. The van der Waals surface area contributed by atoms with Gasteiger partial charge in [-0.05, 0) is 48.4 Å². The molecule has 2 rings (SSSR count). The maximum absolute atomic E-state index is 12.9. The van der Waals surface area contributed by atoms with Gasteiger partial charge >= 0.3 is 0 Å². The van der Waals surface area contributed by atoms with E-state index in [1.54, 1.807) is 24.3 Å². The summed E-state index contributed by atoms with van der Waals surface area (Å²) in [4.78, 5) is 0. The summed E-state index contributed by atoms with van der Waals surface area (Å²) < 4.78 is 25.6. The predicted octanol–water partition coefficient (Wildman–Crippen LogP) is 4.19. The molecule has 19 heavy (non-hydrogen) atoms. The van der Waals surface area contributed by atoms with Crippen LogP contribution in [0.3, 0.4) is 0 Å². The number of rotatable bonds is 4. The van der Waals surface area contributed by atoms with Crippen molar-refractivity contribution in [3.63, 3.8) is 0 Å². The molecule has 0 aliphatic rings. The van der Waals surface area contributed by atoms with Gasteiger partial charge in [-0.25, -0.2) is 8.78 Å². The Morgan fingerprint density at radius 3 is 2.00 bits per heavy atom. The normalized spacial score (nSPS) is 11.4. The van der Waals surface area contributed by atoms with Crippen LogP contribution in [0.2, 0.25) is 0 Å². The van der Waals surface area contributed by atoms with Crippen molar-refractivity contribution in [1.82, 2.24) is 0 Å². The van der Waals surface area contributed by atoms with Gasteiger partial charge in [-0.1, -0.05) is 19.1 Å². The fourth-order valence-electron chi connectivity index (χ4n) is 1.65. The van der Waals surface area contributed by atoms with Gasteiger partial charge in [0.2, 0.25) is 0 Å². The fraction of sp³-hybridized carbons (Fsp3) is 0.133. The molecule has 2 nitrogen and oxygen atoms in total. The van der Waals surface area contributed by atoms with Crippen molar-refractivity contribution in [3.8, 4) is 0 Å². The molecule has 0 spiro atoms. The van der Waals surface area contributed by atoms with E-state index in [0.29, 0.717) is 12.1 Å². The van der Waals surface area contributed by atoms with E-state index in [-0.39, 0.29) is 11.6 Å². The molecule has 0 bridgehead atoms. The molecule has 0 saturated carbocycles. The summed E-state index contributed by atoms with van der Waals surface area (Å²) in [6.45, 7) is 1.97. The molecule has 2 aromatic rings. The van der Waals surface area contributed by atoms with Crippen molar-refractivity contribution in [3.05, 3.63) is 65.7 Å². The molecule has 0 fully saturated rings. The smallest absolute Gasteiger partial charge is 0.123 e. The Kier molecular flexibility index (Phi) is 4.23. The van der Waals surface area contributed by atoms with E-state index >= 15 is 0 Å². The quantitative estimate of drug-likeness (QED) is 0.647. The van der Waals surface area contributed by atoms with Gasteiger partial charge in [0.15, 0.2) is 0 Å². The zero-order valence-corrected chi connectivity index (χ0v) is 10.5. The molecule has 0 unspecified atom stereocenters. The average molecular weight is 260 g/mol. The minimum absolute atomic E-state index is 0.273. The SMILES string of the molecule is CC/C(=N/Nc1ccc(F)cc1)c1ccc(F)cc1. The van der Waals surface area contributed by atoms with E-state index in [2.05, 4.69) is 10.5 Å². The highest BCUT2D eigenvalue weighted by Gasteiger charge is 2.01. The van der Waals surface area contributed by atoms with Crippen LogP contribution >= 0.6 is 0 Å². The third-order valence-electron chi connectivity index (χ3n) is 2.68. The minimum Gasteiger partial charge on any atom is -0.278 e. The van der Waals surface area contributed by atoms with Crippen LogP contribution in [-0.2, 0) is 0 Å². The van der Waals surface area contributed by atoms with E-state index in [1.807, 2.05) is 6.92 Å². The molecule has 98 valence electrons. The average Bonchev–Trinajstić information content (AvgIpc) is 2.43. The predicted molar refractivity (Wildman–Crippen MR) is 73.3 cm³/mol. The van der Waals surface area contributed by atoms with E-state index < -0.39 is 0 Å². The molecule has 0 radical (unpaired) electrons. The standard InChI is InChI=1S/C15H14F2N2/c1-2-15(11-3-5-12(16)6-4-11)19-18-14-9-7-13(17)8-10-14/h3-10,18H,2H2,1H3/b19-15-. The molecule has 0 amide bonds. The van der Waals surface area contributed by atoms with Gasteiger partial charge in [-0.2, -0.15) is 5.10 Å². The Morgan fingerprint density at radius 1 is 0.947 bits per heavy atom. The summed E-state index contributed by atoms with van der Waals surface area (Å²) in [6.07, 6.45) is 0.708. The lowest BCUT2D eigenvalue weighted by molar-refractivity contribution is 0.627. The largest absolute Gasteiger partial charge is 0.278 e. The van der Waals surface area contributed by atoms with Gasteiger partial charge in [0, 0.05) is 0 Å². The molecular formula is C15H14F2N2. The van der Waals surface area contributed by atoms with Crippen molar-refractivity contribution in [2.24, 2.45) is 5.10 Å². The van der Waals surface area contributed by atoms with Gasteiger partial charge in [-0.3, -0.25) is 5.43 Å². The molecule has 0 aromatic heterocycles. The number of hydrogen-bond donors (Lipinski definition) is 1. The van der Waals surface area contributed by atoms with Crippen LogP contribution in [0.4, 0.5) is 14.5 Å². The second-order valence-electron chi connectivity index (χ2n) is 4.04. The Labute approximate surface area is 110 Å². The molecule has 0 saturated heterocycles. The van der Waals surface area contributed by atoms with E-state index in [9.17, 15) is 8.78 Å². The first-order valence-electron chi connectivity index (χ1n) is 6.03. The molecule has 0 atom stereocenters. The lowest BCUT2D eigenvalue weighted by Crippen LogP contribution is -2.03. The van der Waals surface area contributed by atoms with Crippen LogP contribution in [0.1, 0.15) is 18.9 Å². The maximum atomic E-state index is 12.9. The van der Waals surface area contributed by atoms with Gasteiger partial charge in [0.25, 0.3) is 0 Å². The van der Waals surface area contributed by atoms with Crippen LogP contribution in [0.15, 0.2) is 53.6 Å². The number of anilines is 1. The number of halogens is 2. The molecule has 0 aliphatic carbocycles. The lowest BCUT2D eigenvalue weighted by atomic mass is 10.1. The molecule has 2 aromatic carbocycles. The van der Waals surface area contributed by atoms with Gasteiger partial charge in [-0.15, -0.1) is 0 Å². The summed E-state index contributed by atoms with van der Waals surface area (Å²) in [7, 11) is 0. The monoisotopic (exact) mass is 260 g/mol. The van der Waals surface area contributed by atoms with E-state index in [4.69, 9.17) is 0 Å². The Balaban J connectivity index is 2.15. The lowest BCUT2D eigenvalue weighted by Gasteiger charge is -2.06. The summed E-state index contributed by atoms with van der Waals surface area (Å²) in [5.74, 6) is -0.561. The first kappa shape index (κ1) is 13.2. The third kappa shape index (κ3) is 3.61. The maximum Gasteiger partial charge on any atom is 0.123 e. The molecule has 0 aliphatic heterocycles. The zero-order valence-electron chi connectivity index (χ0n) is 10.5.